The SMILES string of the molecule is CCOC(=O)C12CCC(N)(C1)C2. The molecule has 3 nitrogen and oxygen atoms in total. The van der Waals surface area contributed by atoms with Gasteiger partial charge >= 0.3 is 5.97 Å². The highest BCUT2D eigenvalue weighted by Gasteiger charge is 2.63. The molecule has 12 heavy (non-hydrogen) atoms. The summed E-state index contributed by atoms with van der Waals surface area (Å²) >= 11 is 0. The van der Waals surface area contributed by atoms with Crippen LogP contribution in [0.4, 0.5) is 0 Å². The van der Waals surface area contributed by atoms with Crippen LogP contribution in [0.15, 0.2) is 0 Å². The number of rotatable bonds is 2. The topological polar surface area (TPSA) is 52.3 Å². The van der Waals surface area contributed by atoms with Gasteiger partial charge in [0.05, 0.1) is 12.0 Å². The molecule has 68 valence electrons. The Labute approximate surface area is 72.3 Å². The van der Waals surface area contributed by atoms with E-state index in [1.165, 1.54) is 0 Å². The van der Waals surface area contributed by atoms with E-state index < -0.39 is 0 Å². The molecule has 0 heterocycles. The van der Waals surface area contributed by atoms with Crippen LogP contribution < -0.4 is 5.73 Å². The molecule has 0 saturated heterocycles. The first-order valence-corrected chi connectivity index (χ1v) is 4.56. The lowest BCUT2D eigenvalue weighted by molar-refractivity contribution is -0.160. The van der Waals surface area contributed by atoms with Gasteiger partial charge in [0.2, 0.25) is 0 Å². The van der Waals surface area contributed by atoms with Gasteiger partial charge in [-0.25, -0.2) is 0 Å². The zero-order valence-corrected chi connectivity index (χ0v) is 7.43. The Morgan fingerprint density at radius 2 is 2.17 bits per heavy atom. The standard InChI is InChI=1S/C9H15NO2/c1-2-12-7(11)8-3-4-9(10,5-8)6-8/h2-6,10H2,1H3. The van der Waals surface area contributed by atoms with Gasteiger partial charge in [-0.3, -0.25) is 4.79 Å². The van der Waals surface area contributed by atoms with Crippen molar-refractivity contribution in [3.63, 3.8) is 0 Å². The summed E-state index contributed by atoms with van der Waals surface area (Å²) in [4.78, 5) is 11.5. The minimum Gasteiger partial charge on any atom is -0.466 e. The van der Waals surface area contributed by atoms with Gasteiger partial charge in [0.25, 0.3) is 0 Å². The van der Waals surface area contributed by atoms with Gasteiger partial charge in [0.15, 0.2) is 0 Å². The van der Waals surface area contributed by atoms with Crippen LogP contribution in [0.25, 0.3) is 0 Å². The van der Waals surface area contributed by atoms with Gasteiger partial charge in [-0.15, -0.1) is 0 Å². The van der Waals surface area contributed by atoms with Crippen LogP contribution in [-0.4, -0.2) is 18.1 Å². The van der Waals surface area contributed by atoms with Gasteiger partial charge in [-0.1, -0.05) is 0 Å². The molecule has 2 N–H and O–H groups in total. The Balaban J connectivity index is 2.03. The van der Waals surface area contributed by atoms with Crippen LogP contribution in [0.3, 0.4) is 0 Å². The second kappa shape index (κ2) is 2.22. The Morgan fingerprint density at radius 3 is 2.58 bits per heavy atom. The number of hydrogen-bond acceptors (Lipinski definition) is 3. The van der Waals surface area contributed by atoms with Crippen molar-refractivity contribution in [2.24, 2.45) is 11.1 Å². The van der Waals surface area contributed by atoms with Crippen molar-refractivity contribution in [1.82, 2.24) is 0 Å². The monoisotopic (exact) mass is 169 g/mol. The lowest BCUT2D eigenvalue weighted by Gasteiger charge is -2.42. The van der Waals surface area contributed by atoms with E-state index in [9.17, 15) is 4.79 Å². The summed E-state index contributed by atoms with van der Waals surface area (Å²) in [5, 5.41) is 0. The average Bonchev–Trinajstić information content (AvgIpc) is 2.42. The van der Waals surface area contributed by atoms with Gasteiger partial charge in [0, 0.05) is 5.54 Å². The van der Waals surface area contributed by atoms with Crippen LogP contribution in [0.2, 0.25) is 0 Å². The van der Waals surface area contributed by atoms with Crippen molar-refractivity contribution in [3.05, 3.63) is 0 Å². The highest BCUT2D eigenvalue weighted by molar-refractivity contribution is 5.79. The zero-order valence-electron chi connectivity index (χ0n) is 7.43. The Morgan fingerprint density at radius 1 is 1.50 bits per heavy atom. The minimum absolute atomic E-state index is 0.0211. The summed E-state index contributed by atoms with van der Waals surface area (Å²) in [5.74, 6) is -0.0245. The van der Waals surface area contributed by atoms with Crippen LogP contribution in [-0.2, 0) is 9.53 Å². The molecule has 3 fully saturated rings. The Kier molecular flexibility index (Phi) is 1.49. The predicted molar refractivity (Wildman–Crippen MR) is 44.5 cm³/mol. The third-order valence-corrected chi connectivity index (χ3v) is 3.19. The quantitative estimate of drug-likeness (QED) is 0.623. The second-order valence-electron chi connectivity index (χ2n) is 4.22. The van der Waals surface area contributed by atoms with Crippen molar-refractivity contribution in [3.8, 4) is 0 Å². The van der Waals surface area contributed by atoms with E-state index in [-0.39, 0.29) is 16.9 Å². The van der Waals surface area contributed by atoms with Gasteiger partial charge in [-0.05, 0) is 32.6 Å². The molecule has 0 atom stereocenters. The highest BCUT2D eigenvalue weighted by Crippen LogP contribution is 2.60. The number of hydrogen-bond donors (Lipinski definition) is 1. The molecule has 0 spiro atoms. The van der Waals surface area contributed by atoms with Gasteiger partial charge in [-0.2, -0.15) is 0 Å². The molecular weight excluding hydrogens is 154 g/mol. The summed E-state index contributed by atoms with van der Waals surface area (Å²) in [6.45, 7) is 2.33. The summed E-state index contributed by atoms with van der Waals surface area (Å²) < 4.78 is 5.02. The van der Waals surface area contributed by atoms with E-state index >= 15 is 0 Å². The lowest BCUT2D eigenvalue weighted by atomic mass is 9.65. The highest BCUT2D eigenvalue weighted by atomic mass is 16.5. The Bertz CT molecular complexity index is 219. The molecule has 3 saturated carbocycles. The Hall–Kier alpha value is -0.570. The second-order valence-corrected chi connectivity index (χ2v) is 4.22. The third kappa shape index (κ3) is 0.891. The van der Waals surface area contributed by atoms with Crippen molar-refractivity contribution >= 4 is 5.97 Å². The number of carbonyl (C=O) groups is 1. The van der Waals surface area contributed by atoms with Crippen LogP contribution in [0.5, 0.6) is 0 Å². The first kappa shape index (κ1) is 8.05. The summed E-state index contributed by atoms with van der Waals surface area (Å²) in [6.07, 6.45) is 3.62. The largest absolute Gasteiger partial charge is 0.466 e. The molecule has 3 aliphatic rings. The van der Waals surface area contributed by atoms with E-state index in [2.05, 4.69) is 0 Å². The molecular formula is C9H15NO2. The van der Waals surface area contributed by atoms with Gasteiger partial charge in [0.1, 0.15) is 0 Å². The number of carbonyl (C=O) groups excluding carboxylic acids is 1. The molecule has 0 aromatic carbocycles. The van der Waals surface area contributed by atoms with E-state index in [1.54, 1.807) is 0 Å². The number of fused-ring (bicyclic) bond motifs is 1. The van der Waals surface area contributed by atoms with Crippen molar-refractivity contribution in [2.45, 2.75) is 38.1 Å². The average molecular weight is 169 g/mol. The maximum atomic E-state index is 11.5. The zero-order chi connectivity index (χ0) is 8.82. The normalized spacial score (nSPS) is 43.8. The minimum atomic E-state index is -0.176. The summed E-state index contributed by atoms with van der Waals surface area (Å²) in [5.41, 5.74) is 5.76. The smallest absolute Gasteiger partial charge is 0.312 e. The molecule has 3 aliphatic carbocycles. The van der Waals surface area contributed by atoms with E-state index in [0.29, 0.717) is 6.61 Å². The molecule has 0 unspecified atom stereocenters. The lowest BCUT2D eigenvalue weighted by Crippen LogP contribution is -2.53. The molecule has 2 bridgehead atoms. The molecule has 3 heteroatoms. The maximum Gasteiger partial charge on any atom is 0.312 e. The van der Waals surface area contributed by atoms with E-state index in [1.807, 2.05) is 6.92 Å². The van der Waals surface area contributed by atoms with Crippen LogP contribution in [0.1, 0.15) is 32.6 Å². The fourth-order valence-electron chi connectivity index (χ4n) is 2.67. The maximum absolute atomic E-state index is 11.5. The summed E-state index contributed by atoms with van der Waals surface area (Å²) in [6, 6.07) is 0. The predicted octanol–water partition coefficient (Wildman–Crippen LogP) is 0.821. The first-order chi connectivity index (χ1) is 5.60. The molecule has 3 rings (SSSR count). The van der Waals surface area contributed by atoms with Crippen molar-refractivity contribution in [2.75, 3.05) is 6.61 Å². The fraction of sp³-hybridized carbons (Fsp3) is 0.889. The van der Waals surface area contributed by atoms with E-state index in [4.69, 9.17) is 10.5 Å². The van der Waals surface area contributed by atoms with E-state index in [0.717, 1.165) is 25.7 Å². The molecule has 0 aromatic heterocycles. The molecule has 0 radical (unpaired) electrons. The number of ether oxygens (including phenoxy) is 1. The van der Waals surface area contributed by atoms with Crippen molar-refractivity contribution in [1.29, 1.82) is 0 Å². The first-order valence-electron chi connectivity index (χ1n) is 4.56. The van der Waals surface area contributed by atoms with Crippen LogP contribution >= 0.6 is 0 Å². The van der Waals surface area contributed by atoms with Crippen molar-refractivity contribution < 1.29 is 9.53 Å². The molecule has 0 amide bonds. The fourth-order valence-corrected chi connectivity index (χ4v) is 2.67. The molecule has 0 aliphatic heterocycles. The number of nitrogens with two attached hydrogens (primary N) is 1. The third-order valence-electron chi connectivity index (χ3n) is 3.19. The summed E-state index contributed by atoms with van der Waals surface area (Å²) in [7, 11) is 0. The van der Waals surface area contributed by atoms with Gasteiger partial charge < -0.3 is 10.5 Å². The molecule has 0 aromatic rings. The number of esters is 1. The van der Waals surface area contributed by atoms with Crippen LogP contribution in [0, 0.1) is 5.41 Å².